The van der Waals surface area contributed by atoms with E-state index in [1.807, 2.05) is 13.8 Å². The lowest BCUT2D eigenvalue weighted by molar-refractivity contribution is -0.208. The Balaban J connectivity index is 1.34. The van der Waals surface area contributed by atoms with E-state index in [-0.39, 0.29) is 22.9 Å². The summed E-state index contributed by atoms with van der Waals surface area (Å²) in [6.07, 6.45) is 7.21. The zero-order chi connectivity index (χ0) is 31.9. The summed E-state index contributed by atoms with van der Waals surface area (Å²) in [5.41, 5.74) is 4.03. The lowest BCUT2D eigenvalue weighted by Gasteiger charge is -2.59. The van der Waals surface area contributed by atoms with Crippen molar-refractivity contribution < 1.29 is 28.5 Å². The molecule has 1 N–H and O–H groups in total. The van der Waals surface area contributed by atoms with Crippen molar-refractivity contribution in [1.29, 1.82) is 0 Å². The van der Waals surface area contributed by atoms with Crippen molar-refractivity contribution in [1.82, 2.24) is 0 Å². The summed E-state index contributed by atoms with van der Waals surface area (Å²) in [5, 5.41) is 12.5. The van der Waals surface area contributed by atoms with Crippen molar-refractivity contribution in [2.75, 3.05) is 26.4 Å². The Bertz CT molecular complexity index is 1390. The molecule has 2 aliphatic heterocycles. The van der Waals surface area contributed by atoms with Crippen LogP contribution in [-0.4, -0.2) is 57.3 Å². The van der Waals surface area contributed by atoms with Gasteiger partial charge in [0.05, 0.1) is 43.5 Å². The second-order valence-corrected chi connectivity index (χ2v) is 20.7. The van der Waals surface area contributed by atoms with Gasteiger partial charge in [-0.3, -0.25) is 0 Å². The minimum absolute atomic E-state index is 0.0280. The Labute approximate surface area is 271 Å². The van der Waals surface area contributed by atoms with Gasteiger partial charge in [0.25, 0.3) is 0 Å². The molecule has 1 spiro atoms. The van der Waals surface area contributed by atoms with Gasteiger partial charge in [0.15, 0.2) is 19.9 Å². The number of aliphatic hydroxyl groups is 1. The third-order valence-electron chi connectivity index (χ3n) is 12.7. The molecule has 0 aromatic heterocycles. The van der Waals surface area contributed by atoms with Crippen molar-refractivity contribution in [2.24, 2.45) is 22.7 Å². The maximum atomic E-state index is 12.5. The zero-order valence-electron chi connectivity index (χ0n) is 28.6. The molecule has 1 aromatic rings. The molecule has 7 rings (SSSR count). The van der Waals surface area contributed by atoms with E-state index in [0.717, 1.165) is 50.5 Å². The number of benzene rings is 1. The maximum absolute atomic E-state index is 12.5. The topological polar surface area (TPSA) is 66.4 Å². The van der Waals surface area contributed by atoms with Gasteiger partial charge >= 0.3 is 0 Å². The van der Waals surface area contributed by atoms with Gasteiger partial charge in [-0.15, -0.1) is 5.92 Å². The highest BCUT2D eigenvalue weighted by atomic mass is 28.4. The van der Waals surface area contributed by atoms with Crippen LogP contribution in [0, 0.1) is 34.5 Å². The summed E-state index contributed by atoms with van der Waals surface area (Å²) in [7, 11) is -1.80. The Morgan fingerprint density at radius 3 is 2.24 bits per heavy atom. The van der Waals surface area contributed by atoms with Gasteiger partial charge in [-0.05, 0) is 107 Å². The Kier molecular flexibility index (Phi) is 7.85. The monoisotopic (exact) mass is 634 g/mol. The fourth-order valence-corrected chi connectivity index (χ4v) is 12.2. The zero-order valence-corrected chi connectivity index (χ0v) is 29.6. The van der Waals surface area contributed by atoms with Crippen LogP contribution in [0.4, 0.5) is 0 Å². The minimum Gasteiger partial charge on any atom is -0.413 e. The van der Waals surface area contributed by atoms with E-state index in [9.17, 15) is 5.11 Å². The van der Waals surface area contributed by atoms with Crippen molar-refractivity contribution in [3.63, 3.8) is 0 Å². The third-order valence-corrected chi connectivity index (χ3v) is 13.8. The van der Waals surface area contributed by atoms with Gasteiger partial charge in [0.1, 0.15) is 0 Å². The highest BCUT2D eigenvalue weighted by Crippen LogP contribution is 2.71. The summed E-state index contributed by atoms with van der Waals surface area (Å²) < 4.78 is 31.3. The van der Waals surface area contributed by atoms with Crippen molar-refractivity contribution >= 4 is 8.32 Å². The van der Waals surface area contributed by atoms with Gasteiger partial charge in [0.2, 0.25) is 0 Å². The number of ether oxygens (including phenoxy) is 4. The molecule has 2 heterocycles. The summed E-state index contributed by atoms with van der Waals surface area (Å²) in [5.74, 6) is 7.04. The molecule has 2 saturated heterocycles. The van der Waals surface area contributed by atoms with Crippen LogP contribution in [0.2, 0.25) is 19.6 Å². The quantitative estimate of drug-likeness (QED) is 0.207. The SMILES string of the molecule is CC#C[C@]1([C@@H](C)O[Si](C)(C)C)CC[C@H]2[C@@H]3CC[C@@]4(O)CC5(CCC4=C3[C@@H](c3ccc(C4(C)OCCO4)cc3)C[C@@]21C)OCCO5. The average molecular weight is 635 g/mol. The van der Waals surface area contributed by atoms with Gasteiger partial charge in [-0.2, -0.15) is 0 Å². The number of fused-ring (bicyclic) bond motifs is 4. The van der Waals surface area contributed by atoms with Crippen LogP contribution >= 0.6 is 0 Å². The summed E-state index contributed by atoms with van der Waals surface area (Å²) in [6, 6.07) is 9.00. The molecule has 3 saturated carbocycles. The van der Waals surface area contributed by atoms with Gasteiger partial charge in [-0.25, -0.2) is 0 Å². The maximum Gasteiger partial charge on any atom is 0.192 e. The Morgan fingerprint density at radius 1 is 0.933 bits per heavy atom. The average Bonchev–Trinajstić information content (AvgIpc) is 3.70. The summed E-state index contributed by atoms with van der Waals surface area (Å²) >= 11 is 0. The molecule has 1 aromatic carbocycles. The van der Waals surface area contributed by atoms with Crippen LogP contribution in [0.25, 0.3) is 0 Å². The van der Waals surface area contributed by atoms with E-state index >= 15 is 0 Å². The van der Waals surface area contributed by atoms with Crippen LogP contribution in [-0.2, 0) is 29.2 Å². The number of hydrogen-bond acceptors (Lipinski definition) is 6. The highest BCUT2D eigenvalue weighted by molar-refractivity contribution is 6.69. The normalized spacial score (nSPS) is 39.2. The van der Waals surface area contributed by atoms with Gasteiger partial charge < -0.3 is 28.5 Å². The Morgan fingerprint density at radius 2 is 1.60 bits per heavy atom. The molecule has 0 unspecified atom stereocenters. The molecule has 6 nitrogen and oxygen atoms in total. The van der Waals surface area contributed by atoms with Gasteiger partial charge in [0, 0.05) is 24.3 Å². The molecule has 0 amide bonds. The van der Waals surface area contributed by atoms with Crippen LogP contribution < -0.4 is 0 Å². The predicted octanol–water partition coefficient (Wildman–Crippen LogP) is 7.42. The Hall–Kier alpha value is -1.50. The fraction of sp³-hybridized carbons (Fsp3) is 0.737. The highest BCUT2D eigenvalue weighted by Gasteiger charge is 2.66. The lowest BCUT2D eigenvalue weighted by Crippen LogP contribution is -2.56. The molecule has 0 radical (unpaired) electrons. The second kappa shape index (κ2) is 11.0. The van der Waals surface area contributed by atoms with Crippen LogP contribution in [0.15, 0.2) is 35.4 Å². The standard InChI is InChI=1S/C38H54O6Si/c1-8-16-36(26(2)44-45(5,6)7)17-14-31-29-13-18-37(39)25-38(42-22-23-43-38)19-15-32(37)33(29)30(24-34(31,36)3)27-9-11-28(12-10-27)35(4)40-20-21-41-35/h9-12,26,29-31,39H,13-15,17-25H2,1-7H3/t26-,29+,30-,31+,34+,36-,37-/m1/s1. The smallest absolute Gasteiger partial charge is 0.192 e. The molecule has 7 heteroatoms. The number of allylic oxidation sites excluding steroid dienone is 1. The largest absolute Gasteiger partial charge is 0.413 e. The van der Waals surface area contributed by atoms with E-state index in [0.29, 0.717) is 44.7 Å². The molecule has 5 fully saturated rings. The predicted molar refractivity (Wildman–Crippen MR) is 177 cm³/mol. The first-order valence-electron chi connectivity index (χ1n) is 17.5. The van der Waals surface area contributed by atoms with Crippen molar-refractivity contribution in [2.45, 2.75) is 128 Å². The molecule has 4 aliphatic carbocycles. The first-order chi connectivity index (χ1) is 21.3. The molecule has 6 aliphatic rings. The van der Waals surface area contributed by atoms with Crippen LogP contribution in [0.5, 0.6) is 0 Å². The number of rotatable bonds is 5. The first-order valence-corrected chi connectivity index (χ1v) is 20.9. The molecule has 0 bridgehead atoms. The van der Waals surface area contributed by atoms with E-state index < -0.39 is 25.5 Å². The molecule has 45 heavy (non-hydrogen) atoms. The lowest BCUT2D eigenvalue weighted by atomic mass is 9.47. The summed E-state index contributed by atoms with van der Waals surface area (Å²) in [6.45, 7) is 18.2. The van der Waals surface area contributed by atoms with Gasteiger partial charge in [-0.1, -0.05) is 42.7 Å². The molecular weight excluding hydrogens is 580 g/mol. The molecule has 246 valence electrons. The van der Waals surface area contributed by atoms with E-state index in [1.54, 1.807) is 0 Å². The van der Waals surface area contributed by atoms with Crippen molar-refractivity contribution in [3.05, 3.63) is 46.5 Å². The van der Waals surface area contributed by atoms with Crippen LogP contribution in [0.1, 0.15) is 96.1 Å². The first kappa shape index (κ1) is 32.1. The second-order valence-electron chi connectivity index (χ2n) is 16.2. The number of hydrogen-bond donors (Lipinski definition) is 1. The molecule has 7 atom stereocenters. The van der Waals surface area contributed by atoms with Crippen molar-refractivity contribution in [3.8, 4) is 11.8 Å². The third kappa shape index (κ3) is 5.05. The van der Waals surface area contributed by atoms with E-state index in [1.165, 1.54) is 16.7 Å². The summed E-state index contributed by atoms with van der Waals surface area (Å²) in [4.78, 5) is 0. The fourth-order valence-electron chi connectivity index (χ4n) is 10.9. The minimum atomic E-state index is -1.80. The van der Waals surface area contributed by atoms with Crippen LogP contribution in [0.3, 0.4) is 0 Å². The van der Waals surface area contributed by atoms with E-state index in [4.69, 9.17) is 23.4 Å². The molecular formula is C38H54O6Si. The van der Waals surface area contributed by atoms with E-state index in [2.05, 4.69) is 69.6 Å².